The van der Waals surface area contributed by atoms with Crippen molar-refractivity contribution >= 4 is 56.6 Å². The van der Waals surface area contributed by atoms with Crippen molar-refractivity contribution in [3.63, 3.8) is 0 Å². The Morgan fingerprint density at radius 3 is 1.30 bits per heavy atom. The third-order valence-corrected chi connectivity index (χ3v) is 7.98. The van der Waals surface area contributed by atoms with Gasteiger partial charge in [-0.05, 0) is 59.4 Å². The van der Waals surface area contributed by atoms with E-state index >= 15 is 0 Å². The molecule has 50 heavy (non-hydrogen) atoms. The summed E-state index contributed by atoms with van der Waals surface area (Å²) in [5, 5.41) is 28.0. The van der Waals surface area contributed by atoms with Gasteiger partial charge in [-0.2, -0.15) is 0 Å². The molecule has 14 nitrogen and oxygen atoms in total. The lowest BCUT2D eigenvalue weighted by Crippen LogP contribution is -2.18. The summed E-state index contributed by atoms with van der Waals surface area (Å²) in [4.78, 5) is 54.3. The van der Waals surface area contributed by atoms with Gasteiger partial charge in [0.05, 0.1) is 33.5 Å². The lowest BCUT2D eigenvalue weighted by atomic mass is 10.0. The van der Waals surface area contributed by atoms with Crippen LogP contribution in [0.2, 0.25) is 0 Å². The smallest absolute Gasteiger partial charge is 0.295 e. The number of nitro benzene ring substituents is 2. The highest BCUT2D eigenvalue weighted by atomic mass is 16.6. The van der Waals surface area contributed by atoms with Gasteiger partial charge < -0.3 is 19.8 Å². The van der Waals surface area contributed by atoms with Crippen molar-refractivity contribution < 1.29 is 19.4 Å². The van der Waals surface area contributed by atoms with Crippen molar-refractivity contribution in [3.8, 4) is 0 Å². The Balaban J connectivity index is 0.000000194. The van der Waals surface area contributed by atoms with Crippen molar-refractivity contribution in [3.05, 3.63) is 129 Å². The largest absolute Gasteiger partial charge is 0.325 e. The van der Waals surface area contributed by atoms with Crippen LogP contribution in [-0.4, -0.2) is 40.8 Å². The average Bonchev–Trinajstić information content (AvgIpc) is 3.69. The topological polar surface area (TPSA) is 180 Å². The Morgan fingerprint density at radius 2 is 0.980 bits per heavy atom. The summed E-state index contributed by atoms with van der Waals surface area (Å²) in [6.45, 7) is 8.31. The van der Waals surface area contributed by atoms with Crippen LogP contribution in [0.5, 0.6) is 0 Å². The molecule has 256 valence electrons. The Morgan fingerprint density at radius 1 is 0.620 bits per heavy atom. The molecule has 0 aliphatic heterocycles. The fourth-order valence-electron chi connectivity index (χ4n) is 5.36. The summed E-state index contributed by atoms with van der Waals surface area (Å²) < 4.78 is 2.98. The summed E-state index contributed by atoms with van der Waals surface area (Å²) in [5.41, 5.74) is 5.29. The zero-order valence-corrected chi connectivity index (χ0v) is 27.9. The minimum Gasteiger partial charge on any atom is -0.325 e. The number of para-hydroxylation sites is 2. The van der Waals surface area contributed by atoms with Crippen molar-refractivity contribution in [1.29, 1.82) is 0 Å². The van der Waals surface area contributed by atoms with Crippen molar-refractivity contribution in [2.75, 3.05) is 10.6 Å². The number of aromatic nitrogens is 4. The number of rotatable bonds is 10. The number of carbonyl (C=O) groups excluding carboxylic acids is 2. The van der Waals surface area contributed by atoms with E-state index in [1.54, 1.807) is 24.3 Å². The monoisotopic (exact) mass is 676 g/mol. The van der Waals surface area contributed by atoms with Crippen LogP contribution in [0, 0.1) is 20.2 Å². The molecule has 4 aromatic carbocycles. The maximum Gasteiger partial charge on any atom is 0.295 e. The van der Waals surface area contributed by atoms with E-state index in [0.717, 1.165) is 0 Å². The fourth-order valence-corrected chi connectivity index (χ4v) is 5.36. The SMILES string of the molecule is CC(C)c1ccc(NC(=O)Cn2cnc3cccc([N+](=O)[O-])c32)cc1.CC(C)c1ccc(NC(=O)Cn2cnc3cccc([N+](=O)[O-])c32)cc1. The lowest BCUT2D eigenvalue weighted by Gasteiger charge is -2.09. The van der Waals surface area contributed by atoms with Gasteiger partial charge in [0.2, 0.25) is 11.8 Å². The number of fused-ring (bicyclic) bond motifs is 2. The van der Waals surface area contributed by atoms with E-state index < -0.39 is 9.85 Å². The van der Waals surface area contributed by atoms with Crippen LogP contribution in [-0.2, 0) is 22.7 Å². The molecule has 0 saturated heterocycles. The Bertz CT molecular complexity index is 2010. The second kappa shape index (κ2) is 15.2. The van der Waals surface area contributed by atoms with E-state index in [2.05, 4.69) is 48.3 Å². The van der Waals surface area contributed by atoms with Gasteiger partial charge >= 0.3 is 0 Å². The number of non-ortho nitro benzene ring substituents is 2. The molecule has 0 aliphatic rings. The molecule has 2 N–H and O–H groups in total. The third-order valence-electron chi connectivity index (χ3n) is 7.98. The summed E-state index contributed by atoms with van der Waals surface area (Å²) in [6.07, 6.45) is 2.89. The predicted octanol–water partition coefficient (Wildman–Crippen LogP) is 7.41. The van der Waals surface area contributed by atoms with Gasteiger partial charge in [-0.25, -0.2) is 9.97 Å². The third kappa shape index (κ3) is 8.16. The molecule has 0 bridgehead atoms. The van der Waals surface area contributed by atoms with E-state index in [1.165, 1.54) is 45.0 Å². The standard InChI is InChI=1S/2C18H18N4O3/c2*1-12(2)13-6-8-14(9-7-13)20-17(23)10-21-11-19-15-4-3-5-16(18(15)21)22(24)25/h2*3-9,11-12H,10H2,1-2H3,(H,20,23). The second-order valence-corrected chi connectivity index (χ2v) is 12.2. The number of imidazole rings is 2. The highest BCUT2D eigenvalue weighted by Gasteiger charge is 2.19. The highest BCUT2D eigenvalue weighted by Crippen LogP contribution is 2.26. The lowest BCUT2D eigenvalue weighted by molar-refractivity contribution is -0.383. The maximum atomic E-state index is 12.3. The molecular formula is C36H36N8O6. The van der Waals surface area contributed by atoms with E-state index in [9.17, 15) is 29.8 Å². The summed E-state index contributed by atoms with van der Waals surface area (Å²) in [7, 11) is 0. The number of nitrogens with one attached hydrogen (secondary N) is 2. The fraction of sp³-hybridized carbons (Fsp3) is 0.222. The van der Waals surface area contributed by atoms with Crippen LogP contribution in [0.3, 0.4) is 0 Å². The average molecular weight is 677 g/mol. The molecule has 0 unspecified atom stereocenters. The Labute approximate surface area is 287 Å². The number of nitro groups is 2. The van der Waals surface area contributed by atoms with E-state index in [-0.39, 0.29) is 36.3 Å². The van der Waals surface area contributed by atoms with Crippen LogP contribution in [0.1, 0.15) is 50.7 Å². The van der Waals surface area contributed by atoms with Gasteiger partial charge in [-0.15, -0.1) is 0 Å². The maximum absolute atomic E-state index is 12.3. The number of amides is 2. The molecule has 0 radical (unpaired) electrons. The number of carbonyl (C=O) groups is 2. The zero-order valence-electron chi connectivity index (χ0n) is 27.9. The molecule has 0 saturated carbocycles. The number of hydrogen-bond acceptors (Lipinski definition) is 8. The first-order chi connectivity index (χ1) is 23.9. The number of hydrogen-bond donors (Lipinski definition) is 2. The van der Waals surface area contributed by atoms with Gasteiger partial charge in [-0.1, -0.05) is 64.1 Å². The van der Waals surface area contributed by atoms with Gasteiger partial charge in [0.1, 0.15) is 24.1 Å². The summed E-state index contributed by atoms with van der Waals surface area (Å²) in [5.74, 6) is 0.301. The quantitative estimate of drug-likeness (QED) is 0.111. The first kappa shape index (κ1) is 34.9. The van der Waals surface area contributed by atoms with Crippen molar-refractivity contribution in [2.24, 2.45) is 0 Å². The number of anilines is 2. The second-order valence-electron chi connectivity index (χ2n) is 12.2. The molecule has 2 heterocycles. The van der Waals surface area contributed by atoms with Crippen LogP contribution >= 0.6 is 0 Å². The molecule has 0 atom stereocenters. The van der Waals surface area contributed by atoms with Gasteiger partial charge in [0.15, 0.2) is 0 Å². The van der Waals surface area contributed by atoms with Gasteiger partial charge in [0, 0.05) is 23.5 Å². The van der Waals surface area contributed by atoms with E-state index in [0.29, 0.717) is 45.3 Å². The minimum atomic E-state index is -0.469. The molecule has 2 aromatic heterocycles. The Hall–Kier alpha value is -6.44. The van der Waals surface area contributed by atoms with Gasteiger partial charge in [0.25, 0.3) is 11.4 Å². The van der Waals surface area contributed by atoms with E-state index in [4.69, 9.17) is 0 Å². The Kier molecular flexibility index (Phi) is 10.6. The summed E-state index contributed by atoms with van der Waals surface area (Å²) in [6, 6.07) is 24.6. The van der Waals surface area contributed by atoms with Gasteiger partial charge in [-0.3, -0.25) is 29.8 Å². The molecule has 6 aromatic rings. The van der Waals surface area contributed by atoms with Crippen molar-refractivity contribution in [2.45, 2.75) is 52.6 Å². The predicted molar refractivity (Wildman–Crippen MR) is 191 cm³/mol. The van der Waals surface area contributed by atoms with Crippen LogP contribution < -0.4 is 10.6 Å². The normalized spacial score (nSPS) is 11.0. The number of nitrogens with zero attached hydrogens (tertiary/aromatic N) is 6. The summed E-state index contributed by atoms with van der Waals surface area (Å²) >= 11 is 0. The first-order valence-corrected chi connectivity index (χ1v) is 15.9. The molecular weight excluding hydrogens is 640 g/mol. The van der Waals surface area contributed by atoms with Crippen LogP contribution in [0.15, 0.2) is 97.6 Å². The van der Waals surface area contributed by atoms with Crippen LogP contribution in [0.4, 0.5) is 22.7 Å². The van der Waals surface area contributed by atoms with Crippen molar-refractivity contribution in [1.82, 2.24) is 19.1 Å². The highest BCUT2D eigenvalue weighted by molar-refractivity contribution is 5.94. The molecule has 2 amide bonds. The number of benzene rings is 4. The molecule has 0 fully saturated rings. The minimum absolute atomic E-state index is 0.0483. The van der Waals surface area contributed by atoms with E-state index in [1.807, 2.05) is 48.5 Å². The first-order valence-electron chi connectivity index (χ1n) is 15.9. The molecule has 6 rings (SSSR count). The van der Waals surface area contributed by atoms with Crippen LogP contribution in [0.25, 0.3) is 22.1 Å². The molecule has 0 spiro atoms. The molecule has 0 aliphatic carbocycles. The molecule has 14 heteroatoms. The zero-order chi connectivity index (χ0) is 35.9.